The van der Waals surface area contributed by atoms with Crippen LogP contribution in [0, 0.1) is 5.92 Å². The molecule has 0 bridgehead atoms. The van der Waals surface area contributed by atoms with Gasteiger partial charge in [-0.2, -0.15) is 0 Å². The molecule has 4 heteroatoms. The highest BCUT2D eigenvalue weighted by atomic mass is 16.5. The van der Waals surface area contributed by atoms with Crippen LogP contribution < -0.4 is 4.74 Å². The van der Waals surface area contributed by atoms with E-state index in [1.165, 1.54) is 25.2 Å². The first-order valence-electron chi connectivity index (χ1n) is 4.78. The molecule has 0 spiro atoms. The second-order valence-corrected chi connectivity index (χ2v) is 3.50. The molecule has 0 amide bonds. The fourth-order valence-corrected chi connectivity index (χ4v) is 1.18. The summed E-state index contributed by atoms with van der Waals surface area (Å²) in [5.74, 6) is 0.851. The zero-order chi connectivity index (χ0) is 9.80. The highest BCUT2D eigenvalue weighted by molar-refractivity contribution is 5.73. The van der Waals surface area contributed by atoms with E-state index in [1.54, 1.807) is 0 Å². The predicted octanol–water partition coefficient (Wildman–Crippen LogP) is 1.47. The van der Waals surface area contributed by atoms with E-state index in [4.69, 9.17) is 4.74 Å². The van der Waals surface area contributed by atoms with Gasteiger partial charge in [-0.25, -0.2) is 9.97 Å². The average Bonchev–Trinajstić information content (AvgIpc) is 3.03. The summed E-state index contributed by atoms with van der Waals surface area (Å²) in [4.78, 5) is 18.1. The molecule has 1 aromatic rings. The summed E-state index contributed by atoms with van der Waals surface area (Å²) in [6, 6.07) is 0.358. The highest BCUT2D eigenvalue weighted by Gasteiger charge is 2.20. The van der Waals surface area contributed by atoms with Gasteiger partial charge in [0.25, 0.3) is 0 Å². The number of aldehydes is 1. The van der Waals surface area contributed by atoms with E-state index in [0.717, 1.165) is 12.3 Å². The van der Waals surface area contributed by atoms with Gasteiger partial charge in [0, 0.05) is 12.4 Å². The molecule has 1 aliphatic rings. The molecule has 74 valence electrons. The first kappa shape index (κ1) is 9.12. The minimum atomic E-state index is 0.358. The van der Waals surface area contributed by atoms with Crippen LogP contribution in [0.4, 0.5) is 0 Å². The Morgan fingerprint density at radius 3 is 2.71 bits per heavy atom. The van der Waals surface area contributed by atoms with E-state index in [0.29, 0.717) is 24.5 Å². The molecule has 0 unspecified atom stereocenters. The van der Waals surface area contributed by atoms with Gasteiger partial charge in [0.05, 0.1) is 12.2 Å². The molecule has 1 saturated carbocycles. The summed E-state index contributed by atoms with van der Waals surface area (Å²) >= 11 is 0. The largest absolute Gasteiger partial charge is 0.463 e. The Kier molecular flexibility index (Phi) is 2.72. The maximum absolute atomic E-state index is 10.3. The van der Waals surface area contributed by atoms with Crippen LogP contribution in [0.25, 0.3) is 0 Å². The molecule has 1 fully saturated rings. The van der Waals surface area contributed by atoms with Crippen molar-refractivity contribution in [3.63, 3.8) is 0 Å². The Labute approximate surface area is 82.3 Å². The number of hydrogen-bond acceptors (Lipinski definition) is 4. The first-order valence-corrected chi connectivity index (χ1v) is 4.78. The third kappa shape index (κ3) is 2.52. The van der Waals surface area contributed by atoms with E-state index in [1.807, 2.05) is 0 Å². The van der Waals surface area contributed by atoms with Crippen molar-refractivity contribution in [1.29, 1.82) is 0 Å². The zero-order valence-corrected chi connectivity index (χ0v) is 7.85. The van der Waals surface area contributed by atoms with Crippen molar-refractivity contribution in [3.8, 4) is 6.01 Å². The molecule has 0 aromatic carbocycles. The summed E-state index contributed by atoms with van der Waals surface area (Å²) in [6.45, 7) is 0.672. The minimum absolute atomic E-state index is 0.358. The lowest BCUT2D eigenvalue weighted by molar-refractivity contribution is 0.112. The number of ether oxygens (including phenoxy) is 1. The molecular weight excluding hydrogens is 180 g/mol. The Morgan fingerprint density at radius 1 is 1.43 bits per heavy atom. The van der Waals surface area contributed by atoms with E-state index >= 15 is 0 Å². The number of rotatable bonds is 5. The van der Waals surface area contributed by atoms with Crippen LogP contribution in [0.2, 0.25) is 0 Å². The van der Waals surface area contributed by atoms with E-state index < -0.39 is 0 Å². The van der Waals surface area contributed by atoms with Gasteiger partial charge in [0.1, 0.15) is 0 Å². The summed E-state index contributed by atoms with van der Waals surface area (Å²) in [7, 11) is 0. The quantitative estimate of drug-likeness (QED) is 0.663. The third-order valence-electron chi connectivity index (χ3n) is 2.24. The standard InChI is InChI=1S/C10H12N2O2/c13-7-9-5-11-10(12-6-9)14-4-3-8-1-2-8/h5-8H,1-4H2. The van der Waals surface area contributed by atoms with Gasteiger partial charge in [0.2, 0.25) is 0 Å². The van der Waals surface area contributed by atoms with Crippen LogP contribution in [0.5, 0.6) is 6.01 Å². The van der Waals surface area contributed by atoms with Gasteiger partial charge in [0.15, 0.2) is 6.29 Å². The normalized spacial score (nSPS) is 15.1. The predicted molar refractivity (Wildman–Crippen MR) is 50.3 cm³/mol. The smallest absolute Gasteiger partial charge is 0.316 e. The zero-order valence-electron chi connectivity index (χ0n) is 7.85. The van der Waals surface area contributed by atoms with Crippen LogP contribution >= 0.6 is 0 Å². The molecule has 14 heavy (non-hydrogen) atoms. The Bertz CT molecular complexity index is 306. The van der Waals surface area contributed by atoms with Crippen molar-refractivity contribution in [2.24, 2.45) is 5.92 Å². The number of nitrogens with zero attached hydrogens (tertiary/aromatic N) is 2. The van der Waals surface area contributed by atoms with Gasteiger partial charge < -0.3 is 4.74 Å². The number of carbonyl (C=O) groups is 1. The highest BCUT2D eigenvalue weighted by Crippen LogP contribution is 2.32. The van der Waals surface area contributed by atoms with Gasteiger partial charge in [-0.3, -0.25) is 4.79 Å². The lowest BCUT2D eigenvalue weighted by Gasteiger charge is -2.02. The molecule has 4 nitrogen and oxygen atoms in total. The fraction of sp³-hybridized carbons (Fsp3) is 0.500. The second-order valence-electron chi connectivity index (χ2n) is 3.50. The number of hydrogen-bond donors (Lipinski definition) is 0. The molecule has 1 heterocycles. The second kappa shape index (κ2) is 4.17. The van der Waals surface area contributed by atoms with Crippen molar-refractivity contribution in [2.45, 2.75) is 19.3 Å². The van der Waals surface area contributed by atoms with Crippen molar-refractivity contribution in [3.05, 3.63) is 18.0 Å². The monoisotopic (exact) mass is 192 g/mol. The van der Waals surface area contributed by atoms with Gasteiger partial charge in [-0.1, -0.05) is 12.8 Å². The average molecular weight is 192 g/mol. The molecule has 0 aliphatic heterocycles. The topological polar surface area (TPSA) is 52.1 Å². The summed E-state index contributed by atoms with van der Waals surface area (Å²) in [6.07, 6.45) is 7.38. The molecule has 1 aliphatic carbocycles. The molecular formula is C10H12N2O2. The first-order chi connectivity index (χ1) is 6.88. The lowest BCUT2D eigenvalue weighted by Crippen LogP contribution is -2.02. The summed E-state index contributed by atoms with van der Waals surface area (Å²) in [5.41, 5.74) is 0.472. The third-order valence-corrected chi connectivity index (χ3v) is 2.24. The van der Waals surface area contributed by atoms with Crippen LogP contribution in [-0.4, -0.2) is 22.9 Å². The van der Waals surface area contributed by atoms with Crippen molar-refractivity contribution in [1.82, 2.24) is 9.97 Å². The molecule has 2 rings (SSSR count). The maximum Gasteiger partial charge on any atom is 0.316 e. The Balaban J connectivity index is 1.79. The minimum Gasteiger partial charge on any atom is -0.463 e. The summed E-state index contributed by atoms with van der Waals surface area (Å²) in [5, 5.41) is 0. The Morgan fingerprint density at radius 2 is 2.14 bits per heavy atom. The van der Waals surface area contributed by atoms with E-state index in [9.17, 15) is 4.79 Å². The SMILES string of the molecule is O=Cc1cnc(OCCC2CC2)nc1. The molecule has 1 aromatic heterocycles. The van der Waals surface area contributed by atoms with Gasteiger partial charge >= 0.3 is 6.01 Å². The molecule has 0 radical (unpaired) electrons. The number of aromatic nitrogens is 2. The van der Waals surface area contributed by atoms with Crippen LogP contribution in [0.3, 0.4) is 0 Å². The van der Waals surface area contributed by atoms with Crippen LogP contribution in [0.15, 0.2) is 12.4 Å². The van der Waals surface area contributed by atoms with Gasteiger partial charge in [-0.15, -0.1) is 0 Å². The van der Waals surface area contributed by atoms with Crippen molar-refractivity contribution in [2.75, 3.05) is 6.61 Å². The molecule has 0 N–H and O–H groups in total. The van der Waals surface area contributed by atoms with E-state index in [-0.39, 0.29) is 0 Å². The maximum atomic E-state index is 10.3. The number of carbonyl (C=O) groups excluding carboxylic acids is 1. The van der Waals surface area contributed by atoms with Crippen molar-refractivity contribution < 1.29 is 9.53 Å². The lowest BCUT2D eigenvalue weighted by atomic mass is 10.3. The van der Waals surface area contributed by atoms with Crippen LogP contribution in [-0.2, 0) is 0 Å². The van der Waals surface area contributed by atoms with E-state index in [2.05, 4.69) is 9.97 Å². The van der Waals surface area contributed by atoms with Gasteiger partial charge in [-0.05, 0) is 12.3 Å². The molecule has 0 atom stereocenters. The fourth-order valence-electron chi connectivity index (χ4n) is 1.18. The van der Waals surface area contributed by atoms with Crippen molar-refractivity contribution >= 4 is 6.29 Å². The molecule has 0 saturated heterocycles. The Hall–Kier alpha value is -1.45. The van der Waals surface area contributed by atoms with Crippen LogP contribution in [0.1, 0.15) is 29.6 Å². The summed E-state index contributed by atoms with van der Waals surface area (Å²) < 4.78 is 5.32.